The molecule has 4 N–H and O–H groups in total. The molecule has 2 aliphatic heterocycles. The average Bonchev–Trinajstić information content (AvgIpc) is 3.35. The largest absolute Gasteiger partial charge is 0.354 e. The number of carbonyl (C=O) groups excluding carboxylic acids is 3. The molecule has 34 heavy (non-hydrogen) atoms. The van der Waals surface area contributed by atoms with Gasteiger partial charge in [0.25, 0.3) is 17.5 Å². The third kappa shape index (κ3) is 3.73. The first-order chi connectivity index (χ1) is 16.4. The maximum atomic E-state index is 12.9. The molecule has 0 bridgehead atoms. The van der Waals surface area contributed by atoms with E-state index in [-0.39, 0.29) is 17.2 Å². The Bertz CT molecular complexity index is 1380. The molecule has 4 amide bonds. The van der Waals surface area contributed by atoms with Crippen LogP contribution in [0, 0.1) is 10.1 Å². The van der Waals surface area contributed by atoms with Crippen molar-refractivity contribution < 1.29 is 19.3 Å². The van der Waals surface area contributed by atoms with Crippen LogP contribution in [0.5, 0.6) is 0 Å². The second-order valence-corrected chi connectivity index (χ2v) is 7.70. The van der Waals surface area contributed by atoms with Gasteiger partial charge in [0.05, 0.1) is 16.2 Å². The van der Waals surface area contributed by atoms with Gasteiger partial charge in [-0.3, -0.25) is 25.0 Å². The van der Waals surface area contributed by atoms with Crippen LogP contribution in [0.2, 0.25) is 0 Å². The lowest BCUT2D eigenvalue weighted by Gasteiger charge is -2.16. The van der Waals surface area contributed by atoms with Crippen LogP contribution < -0.4 is 21.3 Å². The molecular weight excluding hydrogens is 438 g/mol. The maximum Gasteiger partial charge on any atom is 0.322 e. The van der Waals surface area contributed by atoms with Gasteiger partial charge in [0.15, 0.2) is 0 Å². The number of hydrogen-bond donors (Lipinski definition) is 4. The average molecular weight is 455 g/mol. The van der Waals surface area contributed by atoms with Crippen LogP contribution in [-0.4, -0.2) is 22.8 Å². The van der Waals surface area contributed by atoms with Gasteiger partial charge in [-0.15, -0.1) is 0 Å². The second kappa shape index (κ2) is 8.17. The van der Waals surface area contributed by atoms with Crippen molar-refractivity contribution in [1.29, 1.82) is 0 Å². The highest BCUT2D eigenvalue weighted by Gasteiger charge is 2.32. The van der Waals surface area contributed by atoms with E-state index in [1.54, 1.807) is 24.3 Å². The van der Waals surface area contributed by atoms with Crippen LogP contribution in [0.4, 0.5) is 21.9 Å². The summed E-state index contributed by atoms with van der Waals surface area (Å²) < 4.78 is 0. The number of nitrogens with zero attached hydrogens (tertiary/aromatic N) is 1. The van der Waals surface area contributed by atoms with Crippen molar-refractivity contribution in [3.05, 3.63) is 99.6 Å². The van der Waals surface area contributed by atoms with E-state index >= 15 is 0 Å². The molecule has 10 nitrogen and oxygen atoms in total. The molecule has 1 fully saturated rings. The van der Waals surface area contributed by atoms with E-state index in [0.717, 1.165) is 0 Å². The summed E-state index contributed by atoms with van der Waals surface area (Å²) in [7, 11) is 0. The number of non-ortho nitro benzene ring substituents is 1. The molecule has 0 saturated carbocycles. The first-order valence-electron chi connectivity index (χ1n) is 10.3. The third-order valence-electron chi connectivity index (χ3n) is 5.56. The molecule has 1 saturated heterocycles. The molecule has 2 aliphatic rings. The van der Waals surface area contributed by atoms with Gasteiger partial charge in [0.2, 0.25) is 0 Å². The SMILES string of the molecule is O=C1NC(=O)C(c2ccc(NC(=C3C(=O)Nc4ccc([N+](=O)[O-])cc43)c3ccccc3)cc2)N1. The van der Waals surface area contributed by atoms with Crippen LogP contribution in [0.1, 0.15) is 22.7 Å². The molecule has 5 rings (SSSR count). The molecule has 0 aliphatic carbocycles. The monoisotopic (exact) mass is 455 g/mol. The smallest absolute Gasteiger partial charge is 0.322 e. The van der Waals surface area contributed by atoms with Gasteiger partial charge in [-0.05, 0) is 29.3 Å². The lowest BCUT2D eigenvalue weighted by Crippen LogP contribution is -2.22. The van der Waals surface area contributed by atoms with Gasteiger partial charge in [-0.2, -0.15) is 0 Å². The normalized spacial score (nSPS) is 18.0. The van der Waals surface area contributed by atoms with Crippen molar-refractivity contribution in [2.75, 3.05) is 10.6 Å². The van der Waals surface area contributed by atoms with Gasteiger partial charge >= 0.3 is 6.03 Å². The Kier molecular flexibility index (Phi) is 5.02. The molecule has 1 atom stereocenters. The van der Waals surface area contributed by atoms with Gasteiger partial charge in [0, 0.05) is 29.1 Å². The van der Waals surface area contributed by atoms with Crippen LogP contribution in [0.15, 0.2) is 72.8 Å². The first-order valence-corrected chi connectivity index (χ1v) is 10.3. The van der Waals surface area contributed by atoms with E-state index in [1.165, 1.54) is 18.2 Å². The molecule has 168 valence electrons. The fourth-order valence-electron chi connectivity index (χ4n) is 3.96. The molecule has 0 aromatic heterocycles. The standard InChI is InChI=1S/C24H17N5O5/c30-22-19(17-12-16(29(33)34)10-11-18(17)26-22)20(13-4-2-1-3-5-13)25-15-8-6-14(7-9-15)21-23(31)28-24(32)27-21/h1-12,21,25H,(H,26,30)(H2,27,28,31,32). The van der Waals surface area contributed by atoms with E-state index in [0.29, 0.717) is 33.8 Å². The Morgan fingerprint density at radius 3 is 2.29 bits per heavy atom. The zero-order chi connectivity index (χ0) is 23.8. The van der Waals surface area contributed by atoms with E-state index in [4.69, 9.17) is 0 Å². The zero-order valence-corrected chi connectivity index (χ0v) is 17.5. The number of rotatable bonds is 5. The molecule has 3 aromatic rings. The Morgan fingerprint density at radius 1 is 0.912 bits per heavy atom. The highest BCUT2D eigenvalue weighted by molar-refractivity contribution is 6.37. The fraction of sp³-hybridized carbons (Fsp3) is 0.0417. The minimum atomic E-state index is -0.776. The minimum Gasteiger partial charge on any atom is -0.354 e. The van der Waals surface area contributed by atoms with Crippen LogP contribution in [-0.2, 0) is 9.59 Å². The molecule has 10 heteroatoms. The maximum absolute atomic E-state index is 12.9. The Hall–Kier alpha value is -4.99. The number of hydrogen-bond acceptors (Lipinski definition) is 6. The summed E-state index contributed by atoms with van der Waals surface area (Å²) >= 11 is 0. The summed E-state index contributed by atoms with van der Waals surface area (Å²) in [5.41, 5.74) is 3.45. The van der Waals surface area contributed by atoms with Crippen LogP contribution in [0.25, 0.3) is 11.3 Å². The summed E-state index contributed by atoms with van der Waals surface area (Å²) in [6, 6.07) is 18.9. The highest BCUT2D eigenvalue weighted by atomic mass is 16.6. The number of carbonyl (C=O) groups is 3. The van der Waals surface area contributed by atoms with Crippen LogP contribution >= 0.6 is 0 Å². The molecular formula is C24H17N5O5. The number of nitrogens with one attached hydrogen (secondary N) is 4. The Morgan fingerprint density at radius 2 is 1.65 bits per heavy atom. The number of urea groups is 1. The van der Waals surface area contributed by atoms with Crippen LogP contribution in [0.3, 0.4) is 0 Å². The topological polar surface area (TPSA) is 142 Å². The van der Waals surface area contributed by atoms with E-state index < -0.39 is 22.9 Å². The van der Waals surface area contributed by atoms with Gasteiger partial charge in [0.1, 0.15) is 6.04 Å². The van der Waals surface area contributed by atoms with E-state index in [1.807, 2.05) is 30.3 Å². The summed E-state index contributed by atoms with van der Waals surface area (Å²) in [5.74, 6) is -0.817. The molecule has 0 spiro atoms. The first kappa shape index (κ1) is 20.9. The fourth-order valence-corrected chi connectivity index (χ4v) is 3.96. The number of benzene rings is 3. The number of nitro groups is 1. The number of anilines is 2. The molecule has 2 heterocycles. The lowest BCUT2D eigenvalue weighted by atomic mass is 9.99. The lowest BCUT2D eigenvalue weighted by molar-refractivity contribution is -0.384. The predicted octanol–water partition coefficient (Wildman–Crippen LogP) is 3.41. The van der Waals surface area contributed by atoms with Crippen molar-refractivity contribution in [3.8, 4) is 0 Å². The quantitative estimate of drug-likeness (QED) is 0.201. The Labute approximate surface area is 192 Å². The Balaban J connectivity index is 1.57. The van der Waals surface area contributed by atoms with E-state index in [9.17, 15) is 24.5 Å². The number of amides is 4. The highest BCUT2D eigenvalue weighted by Crippen LogP contribution is 2.39. The van der Waals surface area contributed by atoms with Crippen molar-refractivity contribution in [1.82, 2.24) is 10.6 Å². The molecule has 1 unspecified atom stereocenters. The molecule has 0 radical (unpaired) electrons. The van der Waals surface area contributed by atoms with Crippen molar-refractivity contribution >= 4 is 46.2 Å². The summed E-state index contributed by atoms with van der Waals surface area (Å²) in [4.78, 5) is 47.1. The summed E-state index contributed by atoms with van der Waals surface area (Å²) in [6.45, 7) is 0. The molecule has 3 aromatic carbocycles. The van der Waals surface area contributed by atoms with E-state index in [2.05, 4.69) is 21.3 Å². The zero-order valence-electron chi connectivity index (χ0n) is 17.5. The summed E-state index contributed by atoms with van der Waals surface area (Å²) in [5, 5.41) is 22.1. The van der Waals surface area contributed by atoms with Gasteiger partial charge < -0.3 is 16.0 Å². The van der Waals surface area contributed by atoms with Gasteiger partial charge in [-0.25, -0.2) is 4.79 Å². The van der Waals surface area contributed by atoms with Crippen molar-refractivity contribution in [3.63, 3.8) is 0 Å². The second-order valence-electron chi connectivity index (χ2n) is 7.70. The number of fused-ring (bicyclic) bond motifs is 1. The summed E-state index contributed by atoms with van der Waals surface area (Å²) in [6.07, 6.45) is 0. The third-order valence-corrected chi connectivity index (χ3v) is 5.56. The predicted molar refractivity (Wildman–Crippen MR) is 124 cm³/mol. The number of nitro benzene ring substituents is 1. The van der Waals surface area contributed by atoms with Crippen molar-refractivity contribution in [2.24, 2.45) is 0 Å². The number of imide groups is 1. The van der Waals surface area contributed by atoms with Gasteiger partial charge in [-0.1, -0.05) is 42.5 Å². The van der Waals surface area contributed by atoms with Crippen molar-refractivity contribution in [2.45, 2.75) is 6.04 Å². The minimum absolute atomic E-state index is 0.124.